The van der Waals surface area contributed by atoms with Gasteiger partial charge in [0.2, 0.25) is 6.54 Å². The zero-order valence-electron chi connectivity index (χ0n) is 13.0. The first-order chi connectivity index (χ1) is 11.1. The first-order valence-electron chi connectivity index (χ1n) is 7.42. The fourth-order valence-electron chi connectivity index (χ4n) is 2.60. The van der Waals surface area contributed by atoms with E-state index in [2.05, 4.69) is 0 Å². The van der Waals surface area contributed by atoms with Crippen molar-refractivity contribution in [3.05, 3.63) is 75.8 Å². The van der Waals surface area contributed by atoms with E-state index in [9.17, 15) is 14.9 Å². The summed E-state index contributed by atoms with van der Waals surface area (Å²) in [6.07, 6.45) is 0.576. The van der Waals surface area contributed by atoms with E-state index in [0.29, 0.717) is 17.7 Å². The lowest BCUT2D eigenvalue weighted by Crippen LogP contribution is -2.20. The number of ether oxygens (including phenoxy) is 1. The lowest BCUT2D eigenvalue weighted by molar-refractivity contribution is -0.487. The Kier molecular flexibility index (Phi) is 5.86. The number of hydrogen-bond acceptors (Lipinski definition) is 4. The van der Waals surface area contributed by atoms with Crippen molar-refractivity contribution in [1.82, 2.24) is 0 Å². The Hall–Kier alpha value is -2.69. The van der Waals surface area contributed by atoms with Crippen LogP contribution in [0.4, 0.5) is 0 Å². The number of hydrogen-bond donors (Lipinski definition) is 0. The first-order valence-corrected chi connectivity index (χ1v) is 7.42. The molecule has 0 fully saturated rings. The number of rotatable bonds is 8. The number of benzene rings is 2. The van der Waals surface area contributed by atoms with Crippen molar-refractivity contribution >= 4 is 5.78 Å². The second-order valence-electron chi connectivity index (χ2n) is 5.39. The van der Waals surface area contributed by atoms with Crippen molar-refractivity contribution in [1.29, 1.82) is 0 Å². The number of carbonyl (C=O) groups is 1. The van der Waals surface area contributed by atoms with Gasteiger partial charge in [-0.2, -0.15) is 0 Å². The molecule has 2 aromatic rings. The number of Topliss-reactive ketones (excluding diaryl/α,β-unsaturated/α-hetero) is 1. The van der Waals surface area contributed by atoms with Crippen LogP contribution >= 0.6 is 0 Å². The van der Waals surface area contributed by atoms with Crippen LogP contribution in [-0.4, -0.2) is 24.4 Å². The Morgan fingerprint density at radius 1 is 1.13 bits per heavy atom. The fraction of sp³-hybridized carbons (Fsp3) is 0.278. The molecular formula is C18H19NO4. The number of nitro groups is 1. The Morgan fingerprint density at radius 3 is 2.43 bits per heavy atom. The van der Waals surface area contributed by atoms with Crippen molar-refractivity contribution in [2.75, 3.05) is 13.7 Å². The Labute approximate surface area is 135 Å². The molecule has 120 valence electrons. The Bertz CT molecular complexity index is 670. The number of methoxy groups -OCH3 is 1. The van der Waals surface area contributed by atoms with Crippen molar-refractivity contribution in [3.63, 3.8) is 0 Å². The molecule has 0 aliphatic heterocycles. The van der Waals surface area contributed by atoms with Crippen LogP contribution in [0, 0.1) is 16.0 Å². The van der Waals surface area contributed by atoms with Crippen LogP contribution in [0.5, 0.6) is 5.75 Å². The van der Waals surface area contributed by atoms with E-state index in [1.54, 1.807) is 31.4 Å². The minimum atomic E-state index is -0.367. The van der Waals surface area contributed by atoms with E-state index in [-0.39, 0.29) is 29.6 Å². The van der Waals surface area contributed by atoms with Gasteiger partial charge in [-0.05, 0) is 18.1 Å². The van der Waals surface area contributed by atoms with Gasteiger partial charge in [0.1, 0.15) is 5.75 Å². The average molecular weight is 313 g/mol. The lowest BCUT2D eigenvalue weighted by Gasteiger charge is -2.14. The van der Waals surface area contributed by atoms with Gasteiger partial charge in [-0.25, -0.2) is 0 Å². The van der Waals surface area contributed by atoms with E-state index in [1.807, 2.05) is 30.3 Å². The second kappa shape index (κ2) is 8.08. The quantitative estimate of drug-likeness (QED) is 0.425. The molecule has 0 bridgehead atoms. The zero-order chi connectivity index (χ0) is 16.7. The second-order valence-corrected chi connectivity index (χ2v) is 5.39. The molecule has 0 spiro atoms. The molecule has 0 radical (unpaired) electrons. The van der Waals surface area contributed by atoms with Gasteiger partial charge in [-0.15, -0.1) is 0 Å². The largest absolute Gasteiger partial charge is 0.496 e. The minimum Gasteiger partial charge on any atom is -0.496 e. The third-order valence-corrected chi connectivity index (χ3v) is 3.68. The molecule has 0 saturated carbocycles. The van der Waals surface area contributed by atoms with E-state index >= 15 is 0 Å². The molecule has 0 N–H and O–H groups in total. The molecule has 0 aliphatic carbocycles. The highest BCUT2D eigenvalue weighted by Gasteiger charge is 2.22. The van der Waals surface area contributed by atoms with Gasteiger partial charge in [0.15, 0.2) is 5.78 Å². The van der Waals surface area contributed by atoms with Crippen molar-refractivity contribution in [3.8, 4) is 5.75 Å². The molecule has 2 rings (SSSR count). The molecule has 0 heterocycles. The third kappa shape index (κ3) is 4.92. The summed E-state index contributed by atoms with van der Waals surface area (Å²) in [5.74, 6) is 0.245. The first kappa shape index (κ1) is 16.7. The summed E-state index contributed by atoms with van der Waals surface area (Å²) in [7, 11) is 1.57. The standard InChI is InChI=1S/C18H19NO4/c1-23-18-10-6-5-9-16(18)11-14(13-19(21)22)12-17(20)15-7-3-2-4-8-15/h2-10,14H,11-13H2,1H3. The number of para-hydroxylation sites is 1. The van der Waals surface area contributed by atoms with Gasteiger partial charge in [0, 0.05) is 22.8 Å². The molecule has 1 unspecified atom stereocenters. The molecule has 0 amide bonds. The molecular weight excluding hydrogens is 294 g/mol. The van der Waals surface area contributed by atoms with Gasteiger partial charge in [0.05, 0.1) is 7.11 Å². The molecule has 23 heavy (non-hydrogen) atoms. The topological polar surface area (TPSA) is 69.4 Å². The van der Waals surface area contributed by atoms with Gasteiger partial charge < -0.3 is 4.74 Å². The molecule has 2 aromatic carbocycles. The summed E-state index contributed by atoms with van der Waals surface area (Å²) < 4.78 is 5.29. The maximum atomic E-state index is 12.3. The molecule has 0 aliphatic rings. The van der Waals surface area contributed by atoms with Crippen LogP contribution in [0.2, 0.25) is 0 Å². The highest BCUT2D eigenvalue weighted by Crippen LogP contribution is 2.23. The molecule has 0 aromatic heterocycles. The summed E-state index contributed by atoms with van der Waals surface area (Å²) in [5, 5.41) is 10.9. The van der Waals surface area contributed by atoms with Crippen molar-refractivity contribution < 1.29 is 14.5 Å². The van der Waals surface area contributed by atoms with Gasteiger partial charge >= 0.3 is 0 Å². The van der Waals surface area contributed by atoms with Crippen LogP contribution in [0.15, 0.2) is 54.6 Å². The van der Waals surface area contributed by atoms with Crippen molar-refractivity contribution in [2.24, 2.45) is 5.92 Å². The SMILES string of the molecule is COc1ccccc1CC(CC(=O)c1ccccc1)C[N+](=O)[O-]. The molecule has 5 nitrogen and oxygen atoms in total. The summed E-state index contributed by atoms with van der Waals surface area (Å²) in [4.78, 5) is 22.9. The minimum absolute atomic E-state index is 0.0765. The van der Waals surface area contributed by atoms with Crippen LogP contribution in [0.25, 0.3) is 0 Å². The predicted molar refractivity (Wildman–Crippen MR) is 87.4 cm³/mol. The van der Waals surface area contributed by atoms with Crippen molar-refractivity contribution in [2.45, 2.75) is 12.8 Å². The maximum Gasteiger partial charge on any atom is 0.207 e. The van der Waals surface area contributed by atoms with Gasteiger partial charge in [0.25, 0.3) is 0 Å². The van der Waals surface area contributed by atoms with Crippen LogP contribution < -0.4 is 4.74 Å². The molecule has 1 atom stereocenters. The lowest BCUT2D eigenvalue weighted by atomic mass is 9.92. The molecule has 5 heteroatoms. The highest BCUT2D eigenvalue weighted by atomic mass is 16.6. The van der Waals surface area contributed by atoms with E-state index in [1.165, 1.54) is 0 Å². The normalized spacial score (nSPS) is 11.7. The fourth-order valence-corrected chi connectivity index (χ4v) is 2.60. The van der Waals surface area contributed by atoms with E-state index < -0.39 is 0 Å². The highest BCUT2D eigenvalue weighted by molar-refractivity contribution is 5.96. The maximum absolute atomic E-state index is 12.3. The van der Waals surface area contributed by atoms with Crippen LogP contribution in [-0.2, 0) is 6.42 Å². The predicted octanol–water partition coefficient (Wildman–Crippen LogP) is 3.40. The monoisotopic (exact) mass is 313 g/mol. The van der Waals surface area contributed by atoms with E-state index in [0.717, 1.165) is 5.56 Å². The van der Waals surface area contributed by atoms with E-state index in [4.69, 9.17) is 4.74 Å². The number of ketones is 1. The van der Waals surface area contributed by atoms with Gasteiger partial charge in [-0.3, -0.25) is 14.9 Å². The van der Waals surface area contributed by atoms with Crippen LogP contribution in [0.3, 0.4) is 0 Å². The molecule has 0 saturated heterocycles. The third-order valence-electron chi connectivity index (χ3n) is 3.68. The number of nitrogens with zero attached hydrogens (tertiary/aromatic N) is 1. The van der Waals surface area contributed by atoms with Gasteiger partial charge in [-0.1, -0.05) is 48.5 Å². The van der Waals surface area contributed by atoms with Crippen LogP contribution in [0.1, 0.15) is 22.3 Å². The summed E-state index contributed by atoms with van der Waals surface area (Å²) in [5.41, 5.74) is 1.46. The number of carbonyl (C=O) groups excluding carboxylic acids is 1. The summed E-state index contributed by atoms with van der Waals surface area (Å²) in [6, 6.07) is 16.3. The summed E-state index contributed by atoms with van der Waals surface area (Å²) >= 11 is 0. The smallest absolute Gasteiger partial charge is 0.207 e. The average Bonchev–Trinajstić information content (AvgIpc) is 2.55. The Morgan fingerprint density at radius 2 is 1.78 bits per heavy atom. The summed E-state index contributed by atoms with van der Waals surface area (Å²) in [6.45, 7) is -0.239. The zero-order valence-corrected chi connectivity index (χ0v) is 13.0. The Balaban J connectivity index is 2.14.